The Balaban J connectivity index is 3.09. The maximum Gasteiger partial charge on any atom is 0.328 e. The Labute approximate surface area is 92.8 Å². The molecular weight excluding hydrogens is 234 g/mol. The molecule has 0 aromatic heterocycles. The highest BCUT2D eigenvalue weighted by molar-refractivity contribution is 7.88. The largest absolute Gasteiger partial charge is 0.478 e. The van der Waals surface area contributed by atoms with E-state index in [1.54, 1.807) is 0 Å². The van der Waals surface area contributed by atoms with Gasteiger partial charge in [-0.25, -0.2) is 9.00 Å². The first-order valence-electron chi connectivity index (χ1n) is 4.07. The van der Waals surface area contributed by atoms with E-state index in [-0.39, 0.29) is 10.6 Å². The van der Waals surface area contributed by atoms with Gasteiger partial charge in [0, 0.05) is 17.6 Å². The fourth-order valence-corrected chi connectivity index (χ4v) is 1.92. The molecule has 0 bridgehead atoms. The van der Waals surface area contributed by atoms with Crippen LogP contribution in [0, 0.1) is 10.1 Å². The van der Waals surface area contributed by atoms with E-state index in [1.165, 1.54) is 24.3 Å². The van der Waals surface area contributed by atoms with Crippen LogP contribution in [0.5, 0.6) is 0 Å². The molecule has 1 rings (SSSR count). The maximum absolute atomic E-state index is 11.5. The lowest BCUT2D eigenvalue weighted by molar-refractivity contribution is -0.387. The van der Waals surface area contributed by atoms with Gasteiger partial charge in [-0.3, -0.25) is 10.1 Å². The Bertz CT molecular complexity index is 483. The number of para-hydroxylation sites is 1. The van der Waals surface area contributed by atoms with Crippen molar-refractivity contribution in [3.05, 3.63) is 45.9 Å². The number of benzene rings is 1. The molecule has 0 heterocycles. The van der Waals surface area contributed by atoms with Crippen LogP contribution in [0.3, 0.4) is 0 Å². The van der Waals surface area contributed by atoms with Crippen LogP contribution in [0.1, 0.15) is 0 Å². The zero-order valence-electron chi connectivity index (χ0n) is 7.90. The van der Waals surface area contributed by atoms with Crippen LogP contribution >= 0.6 is 0 Å². The summed E-state index contributed by atoms with van der Waals surface area (Å²) in [5.74, 6) is -1.26. The smallest absolute Gasteiger partial charge is 0.328 e. The minimum Gasteiger partial charge on any atom is -0.478 e. The molecule has 7 heteroatoms. The lowest BCUT2D eigenvalue weighted by Gasteiger charge is -1.97. The predicted molar refractivity (Wildman–Crippen MR) is 56.3 cm³/mol. The molecule has 0 radical (unpaired) electrons. The van der Waals surface area contributed by atoms with Crippen LogP contribution in [0.15, 0.2) is 40.6 Å². The second-order valence-corrected chi connectivity index (χ2v) is 3.97. The van der Waals surface area contributed by atoms with E-state index >= 15 is 0 Å². The zero-order chi connectivity index (χ0) is 12.1. The van der Waals surface area contributed by atoms with Crippen molar-refractivity contribution in [3.8, 4) is 0 Å². The third-order valence-corrected chi connectivity index (χ3v) is 2.77. The molecule has 1 aromatic carbocycles. The number of carboxylic acid groups (broad SMARTS) is 1. The number of nitro groups is 1. The number of hydrogen-bond acceptors (Lipinski definition) is 4. The Hall–Kier alpha value is -2.02. The Morgan fingerprint density at radius 1 is 1.44 bits per heavy atom. The minimum absolute atomic E-state index is 0.0231. The van der Waals surface area contributed by atoms with Crippen molar-refractivity contribution >= 4 is 22.5 Å². The molecule has 0 saturated carbocycles. The topological polar surface area (TPSA) is 97.5 Å². The quantitative estimate of drug-likeness (QED) is 0.486. The lowest BCUT2D eigenvalue weighted by atomic mass is 10.3. The van der Waals surface area contributed by atoms with E-state index in [2.05, 4.69) is 0 Å². The summed E-state index contributed by atoms with van der Waals surface area (Å²) >= 11 is 0. The second-order valence-electron chi connectivity index (χ2n) is 2.66. The Kier molecular flexibility index (Phi) is 3.90. The molecule has 1 unspecified atom stereocenters. The molecule has 1 aromatic rings. The van der Waals surface area contributed by atoms with Crippen LogP contribution in [-0.2, 0) is 15.6 Å². The van der Waals surface area contributed by atoms with Crippen molar-refractivity contribution in [1.29, 1.82) is 0 Å². The van der Waals surface area contributed by atoms with E-state index in [0.717, 1.165) is 5.41 Å². The average Bonchev–Trinajstić information content (AvgIpc) is 2.25. The average molecular weight is 241 g/mol. The van der Waals surface area contributed by atoms with Gasteiger partial charge < -0.3 is 5.11 Å². The predicted octanol–water partition coefficient (Wildman–Crippen LogP) is 1.30. The molecule has 0 fully saturated rings. The Morgan fingerprint density at radius 3 is 2.62 bits per heavy atom. The van der Waals surface area contributed by atoms with Crippen LogP contribution in [0.25, 0.3) is 0 Å². The van der Waals surface area contributed by atoms with Crippen LogP contribution < -0.4 is 0 Å². The first-order valence-corrected chi connectivity index (χ1v) is 5.29. The summed E-state index contributed by atoms with van der Waals surface area (Å²) in [7, 11) is -1.84. The maximum atomic E-state index is 11.5. The van der Waals surface area contributed by atoms with Gasteiger partial charge in [0.2, 0.25) is 0 Å². The SMILES string of the molecule is O=C(O)/C=C/S(=O)c1ccccc1[N+](=O)[O-]. The molecule has 0 aliphatic rings. The van der Waals surface area contributed by atoms with Gasteiger partial charge in [-0.05, 0) is 6.07 Å². The highest BCUT2D eigenvalue weighted by atomic mass is 32.2. The van der Waals surface area contributed by atoms with Gasteiger partial charge in [0.15, 0.2) is 0 Å². The molecule has 1 N–H and O–H groups in total. The number of aliphatic carboxylic acids is 1. The molecule has 16 heavy (non-hydrogen) atoms. The van der Waals surface area contributed by atoms with E-state index in [9.17, 15) is 19.1 Å². The molecule has 84 valence electrons. The van der Waals surface area contributed by atoms with E-state index in [0.29, 0.717) is 6.08 Å². The van der Waals surface area contributed by atoms with Crippen molar-refractivity contribution in [2.75, 3.05) is 0 Å². The first kappa shape index (κ1) is 12.1. The number of rotatable bonds is 4. The fourth-order valence-electron chi connectivity index (χ4n) is 0.971. The van der Waals surface area contributed by atoms with E-state index in [4.69, 9.17) is 5.11 Å². The molecule has 0 saturated heterocycles. The zero-order valence-corrected chi connectivity index (χ0v) is 8.72. The lowest BCUT2D eigenvalue weighted by Crippen LogP contribution is -1.97. The van der Waals surface area contributed by atoms with Gasteiger partial charge in [0.05, 0.1) is 15.7 Å². The molecule has 0 aliphatic carbocycles. The fraction of sp³-hybridized carbons (Fsp3) is 0. The summed E-state index contributed by atoms with van der Waals surface area (Å²) in [5, 5.41) is 19.8. The molecule has 0 amide bonds. The number of carbonyl (C=O) groups is 1. The van der Waals surface area contributed by atoms with Crippen molar-refractivity contribution in [2.45, 2.75) is 4.90 Å². The van der Waals surface area contributed by atoms with Gasteiger partial charge >= 0.3 is 5.97 Å². The summed E-state index contributed by atoms with van der Waals surface area (Å²) < 4.78 is 11.5. The summed E-state index contributed by atoms with van der Waals surface area (Å²) in [5.41, 5.74) is -0.295. The van der Waals surface area contributed by atoms with Crippen molar-refractivity contribution < 1.29 is 19.0 Å². The van der Waals surface area contributed by atoms with Gasteiger partial charge in [0.1, 0.15) is 4.90 Å². The van der Waals surface area contributed by atoms with Crippen molar-refractivity contribution in [2.24, 2.45) is 0 Å². The number of carboxylic acids is 1. The highest BCUT2D eigenvalue weighted by Crippen LogP contribution is 2.21. The standard InChI is InChI=1S/C9H7NO5S/c11-9(12)5-6-16(15)8-4-2-1-3-7(8)10(13)14/h1-6H,(H,11,12)/b6-5+. The second kappa shape index (κ2) is 5.17. The number of hydrogen-bond donors (Lipinski definition) is 1. The molecule has 6 nitrogen and oxygen atoms in total. The van der Waals surface area contributed by atoms with E-state index in [1.807, 2.05) is 0 Å². The molecule has 1 atom stereocenters. The molecule has 0 spiro atoms. The molecule has 0 aliphatic heterocycles. The third kappa shape index (κ3) is 2.99. The van der Waals surface area contributed by atoms with Gasteiger partial charge in [-0.2, -0.15) is 0 Å². The van der Waals surface area contributed by atoms with Crippen LogP contribution in [0.2, 0.25) is 0 Å². The normalized spacial score (nSPS) is 12.5. The minimum atomic E-state index is -1.84. The van der Waals surface area contributed by atoms with Gasteiger partial charge in [-0.15, -0.1) is 0 Å². The van der Waals surface area contributed by atoms with Gasteiger partial charge in [-0.1, -0.05) is 12.1 Å². The van der Waals surface area contributed by atoms with Gasteiger partial charge in [0.25, 0.3) is 5.69 Å². The van der Waals surface area contributed by atoms with Crippen molar-refractivity contribution in [1.82, 2.24) is 0 Å². The highest BCUT2D eigenvalue weighted by Gasteiger charge is 2.16. The summed E-state index contributed by atoms with van der Waals surface area (Å²) in [6, 6.07) is 5.47. The summed E-state index contributed by atoms with van der Waals surface area (Å²) in [4.78, 5) is 20.1. The first-order chi connectivity index (χ1) is 7.52. The summed E-state index contributed by atoms with van der Waals surface area (Å²) in [6.07, 6.45) is 0.687. The molecular formula is C9H7NO5S. The van der Waals surface area contributed by atoms with Crippen molar-refractivity contribution in [3.63, 3.8) is 0 Å². The van der Waals surface area contributed by atoms with E-state index < -0.39 is 21.7 Å². The number of nitrogens with zero attached hydrogens (tertiary/aromatic N) is 1. The monoisotopic (exact) mass is 241 g/mol. The number of nitro benzene ring substituents is 1. The third-order valence-electron chi connectivity index (χ3n) is 1.61. The van der Waals surface area contributed by atoms with Crippen LogP contribution in [-0.4, -0.2) is 20.2 Å². The van der Waals surface area contributed by atoms with Crippen LogP contribution in [0.4, 0.5) is 5.69 Å². The summed E-state index contributed by atoms with van der Waals surface area (Å²) in [6.45, 7) is 0. The Morgan fingerprint density at radius 2 is 2.06 bits per heavy atom.